The molecule has 168 valence electrons. The Hall–Kier alpha value is -2.61. The standard InChI is InChI=1S/C23H23Cl2N3O4/c24-17-12-16(13-18(25)14-17)21(29)26-19-5-3-15(4-6-19)22(30)27-7-9-28(10-8-27)23(31)20-2-1-11-32-20/h3-6,12-14,20H,1-2,7-11H2,(H,26,29). The van der Waals surface area contributed by atoms with Gasteiger partial charge in [0.15, 0.2) is 0 Å². The van der Waals surface area contributed by atoms with Crippen LogP contribution in [0.5, 0.6) is 0 Å². The summed E-state index contributed by atoms with van der Waals surface area (Å²) in [5.74, 6) is -0.426. The summed E-state index contributed by atoms with van der Waals surface area (Å²) < 4.78 is 5.48. The monoisotopic (exact) mass is 475 g/mol. The summed E-state index contributed by atoms with van der Waals surface area (Å²) in [6.45, 7) is 2.59. The molecule has 1 N–H and O–H groups in total. The minimum absolute atomic E-state index is 0.0238. The second-order valence-electron chi connectivity index (χ2n) is 7.81. The molecule has 2 aliphatic heterocycles. The Balaban J connectivity index is 1.32. The molecule has 2 aromatic rings. The number of hydrogen-bond donors (Lipinski definition) is 1. The molecule has 2 aliphatic rings. The van der Waals surface area contributed by atoms with Crippen LogP contribution >= 0.6 is 23.2 Å². The minimum Gasteiger partial charge on any atom is -0.368 e. The average Bonchev–Trinajstić information content (AvgIpc) is 3.33. The van der Waals surface area contributed by atoms with Crippen molar-refractivity contribution in [2.75, 3.05) is 38.1 Å². The van der Waals surface area contributed by atoms with Crippen LogP contribution in [-0.2, 0) is 9.53 Å². The number of rotatable bonds is 4. The smallest absolute Gasteiger partial charge is 0.255 e. The fourth-order valence-electron chi connectivity index (χ4n) is 3.87. The molecule has 0 aromatic heterocycles. The van der Waals surface area contributed by atoms with Crippen LogP contribution in [0.2, 0.25) is 10.0 Å². The van der Waals surface area contributed by atoms with E-state index in [1.54, 1.807) is 40.1 Å². The Kier molecular flexibility index (Phi) is 6.98. The number of benzene rings is 2. The Morgan fingerprint density at radius 3 is 2.09 bits per heavy atom. The highest BCUT2D eigenvalue weighted by molar-refractivity contribution is 6.35. The lowest BCUT2D eigenvalue weighted by Gasteiger charge is -2.35. The zero-order chi connectivity index (χ0) is 22.7. The Labute approximate surface area is 196 Å². The van der Waals surface area contributed by atoms with Gasteiger partial charge in [-0.3, -0.25) is 14.4 Å². The van der Waals surface area contributed by atoms with Gasteiger partial charge in [-0.2, -0.15) is 0 Å². The van der Waals surface area contributed by atoms with Crippen molar-refractivity contribution in [2.45, 2.75) is 18.9 Å². The fourth-order valence-corrected chi connectivity index (χ4v) is 4.40. The summed E-state index contributed by atoms with van der Waals surface area (Å²) in [5.41, 5.74) is 1.42. The first-order valence-electron chi connectivity index (χ1n) is 10.5. The number of carbonyl (C=O) groups is 3. The van der Waals surface area contributed by atoms with Gasteiger partial charge in [-0.25, -0.2) is 0 Å². The van der Waals surface area contributed by atoms with E-state index >= 15 is 0 Å². The molecule has 3 amide bonds. The van der Waals surface area contributed by atoms with Crippen LogP contribution in [0.15, 0.2) is 42.5 Å². The maximum Gasteiger partial charge on any atom is 0.255 e. The summed E-state index contributed by atoms with van der Waals surface area (Å²) in [6, 6.07) is 11.3. The van der Waals surface area contributed by atoms with Crippen molar-refractivity contribution in [3.05, 3.63) is 63.6 Å². The van der Waals surface area contributed by atoms with Crippen molar-refractivity contribution in [2.24, 2.45) is 0 Å². The van der Waals surface area contributed by atoms with E-state index in [1.807, 2.05) is 0 Å². The number of nitrogens with zero attached hydrogens (tertiary/aromatic N) is 2. The molecule has 0 saturated carbocycles. The summed E-state index contributed by atoms with van der Waals surface area (Å²) in [7, 11) is 0. The first kappa shape index (κ1) is 22.6. The lowest BCUT2D eigenvalue weighted by atomic mass is 10.1. The van der Waals surface area contributed by atoms with Crippen LogP contribution in [0, 0.1) is 0 Å². The third-order valence-electron chi connectivity index (χ3n) is 5.60. The van der Waals surface area contributed by atoms with Gasteiger partial charge in [0.25, 0.3) is 17.7 Å². The molecule has 7 nitrogen and oxygen atoms in total. The van der Waals surface area contributed by atoms with Crippen LogP contribution in [0.1, 0.15) is 33.6 Å². The van der Waals surface area contributed by atoms with Gasteiger partial charge < -0.3 is 19.9 Å². The van der Waals surface area contributed by atoms with Crippen LogP contribution in [-0.4, -0.2) is 66.4 Å². The molecule has 2 fully saturated rings. The maximum atomic E-state index is 12.8. The third kappa shape index (κ3) is 5.23. The van der Waals surface area contributed by atoms with E-state index in [2.05, 4.69) is 5.32 Å². The minimum atomic E-state index is -0.347. The van der Waals surface area contributed by atoms with E-state index < -0.39 is 0 Å². The SMILES string of the molecule is O=C(Nc1ccc(C(=O)N2CCN(C(=O)C3CCCO3)CC2)cc1)c1cc(Cl)cc(Cl)c1. The number of piperazine rings is 1. The number of carbonyl (C=O) groups excluding carboxylic acids is 3. The fraction of sp³-hybridized carbons (Fsp3) is 0.348. The topological polar surface area (TPSA) is 79.0 Å². The molecular formula is C23H23Cl2N3O4. The van der Waals surface area contributed by atoms with E-state index in [9.17, 15) is 14.4 Å². The number of hydrogen-bond acceptors (Lipinski definition) is 4. The average molecular weight is 476 g/mol. The molecule has 0 bridgehead atoms. The molecule has 2 aromatic carbocycles. The highest BCUT2D eigenvalue weighted by Crippen LogP contribution is 2.21. The summed E-state index contributed by atoms with van der Waals surface area (Å²) in [6.07, 6.45) is 1.35. The van der Waals surface area contributed by atoms with Gasteiger partial charge in [0.05, 0.1) is 0 Å². The van der Waals surface area contributed by atoms with E-state index in [-0.39, 0.29) is 23.8 Å². The molecule has 32 heavy (non-hydrogen) atoms. The highest BCUT2D eigenvalue weighted by atomic mass is 35.5. The Bertz CT molecular complexity index is 994. The number of ether oxygens (including phenoxy) is 1. The molecule has 0 aliphatic carbocycles. The van der Waals surface area contributed by atoms with E-state index in [0.29, 0.717) is 59.6 Å². The van der Waals surface area contributed by atoms with Crippen molar-refractivity contribution in [3.63, 3.8) is 0 Å². The van der Waals surface area contributed by atoms with Gasteiger partial charge >= 0.3 is 0 Å². The van der Waals surface area contributed by atoms with Crippen LogP contribution < -0.4 is 5.32 Å². The summed E-state index contributed by atoms with van der Waals surface area (Å²) in [4.78, 5) is 41.2. The first-order chi connectivity index (χ1) is 15.4. The first-order valence-corrected chi connectivity index (χ1v) is 11.2. The van der Waals surface area contributed by atoms with Crippen LogP contribution in [0.3, 0.4) is 0 Å². The zero-order valence-corrected chi connectivity index (χ0v) is 18.9. The number of nitrogens with one attached hydrogen (secondary N) is 1. The largest absolute Gasteiger partial charge is 0.368 e. The van der Waals surface area contributed by atoms with Gasteiger partial charge in [-0.15, -0.1) is 0 Å². The van der Waals surface area contributed by atoms with E-state index in [1.165, 1.54) is 12.1 Å². The summed E-state index contributed by atoms with van der Waals surface area (Å²) >= 11 is 11.9. The van der Waals surface area contributed by atoms with E-state index in [0.717, 1.165) is 12.8 Å². The molecule has 1 atom stereocenters. The zero-order valence-electron chi connectivity index (χ0n) is 17.4. The van der Waals surface area contributed by atoms with Crippen molar-refractivity contribution in [3.8, 4) is 0 Å². The summed E-state index contributed by atoms with van der Waals surface area (Å²) in [5, 5.41) is 3.52. The third-order valence-corrected chi connectivity index (χ3v) is 6.03. The molecule has 0 radical (unpaired) electrons. The van der Waals surface area contributed by atoms with Gasteiger partial charge in [-0.05, 0) is 55.3 Å². The molecule has 0 spiro atoms. The molecule has 4 rings (SSSR count). The normalized spacial score (nSPS) is 18.5. The lowest BCUT2D eigenvalue weighted by molar-refractivity contribution is -0.142. The van der Waals surface area contributed by atoms with Crippen molar-refractivity contribution in [1.29, 1.82) is 0 Å². The lowest BCUT2D eigenvalue weighted by Crippen LogP contribution is -2.52. The molecule has 9 heteroatoms. The second kappa shape index (κ2) is 9.90. The predicted octanol–water partition coefficient (Wildman–Crippen LogP) is 3.71. The highest BCUT2D eigenvalue weighted by Gasteiger charge is 2.31. The van der Waals surface area contributed by atoms with Gasteiger partial charge in [0.1, 0.15) is 6.10 Å². The van der Waals surface area contributed by atoms with Gasteiger partial charge in [0.2, 0.25) is 0 Å². The molecule has 1 unspecified atom stereocenters. The second-order valence-corrected chi connectivity index (χ2v) is 8.68. The predicted molar refractivity (Wildman–Crippen MR) is 122 cm³/mol. The van der Waals surface area contributed by atoms with E-state index in [4.69, 9.17) is 27.9 Å². The van der Waals surface area contributed by atoms with Crippen molar-refractivity contribution >= 4 is 46.6 Å². The van der Waals surface area contributed by atoms with Crippen LogP contribution in [0.25, 0.3) is 0 Å². The number of anilines is 1. The molecule has 2 saturated heterocycles. The number of halogens is 2. The molecule has 2 heterocycles. The van der Waals surface area contributed by atoms with Crippen molar-refractivity contribution < 1.29 is 19.1 Å². The van der Waals surface area contributed by atoms with Crippen molar-refractivity contribution in [1.82, 2.24) is 9.80 Å². The number of amides is 3. The Morgan fingerprint density at radius 2 is 1.50 bits per heavy atom. The van der Waals surface area contributed by atoms with Gasteiger partial charge in [0, 0.05) is 59.6 Å². The van der Waals surface area contributed by atoms with Crippen LogP contribution in [0.4, 0.5) is 5.69 Å². The quantitative estimate of drug-likeness (QED) is 0.730. The van der Waals surface area contributed by atoms with Gasteiger partial charge in [-0.1, -0.05) is 23.2 Å². The molecular weight excluding hydrogens is 453 g/mol. The Morgan fingerprint density at radius 1 is 0.875 bits per heavy atom. The maximum absolute atomic E-state index is 12.8.